The van der Waals surface area contributed by atoms with Gasteiger partial charge in [-0.3, -0.25) is 0 Å². The molecule has 7 heteroatoms. The topological polar surface area (TPSA) is 75.1 Å². The van der Waals surface area contributed by atoms with E-state index in [1.165, 1.54) is 9.80 Å². The number of hydrogen-bond acceptors (Lipinski definition) is 3. The fourth-order valence-electron chi connectivity index (χ4n) is 2.02. The zero-order valence-corrected chi connectivity index (χ0v) is 9.83. The highest BCUT2D eigenvalue weighted by molar-refractivity contribution is 5.94. The van der Waals surface area contributed by atoms with Gasteiger partial charge in [-0.05, 0) is 0 Å². The lowest BCUT2D eigenvalue weighted by Crippen LogP contribution is -3.14. The highest BCUT2D eigenvalue weighted by Crippen LogP contribution is 1.95. The molecular weight excluding hydrogens is 224 g/mol. The monoisotopic (exact) mass is 243 g/mol. The second kappa shape index (κ2) is 5.83. The largest absolute Gasteiger partial charge is 0.370 e. The average molecular weight is 243 g/mol. The second-order valence-corrected chi connectivity index (χ2v) is 4.23. The van der Waals surface area contributed by atoms with E-state index < -0.39 is 0 Å². The maximum atomic E-state index is 11.6. The normalized spacial score (nSPS) is 21.4. The van der Waals surface area contributed by atoms with Crippen LogP contribution in [0, 0.1) is 0 Å². The molecule has 0 aromatic carbocycles. The Bertz CT molecular complexity index is 291. The minimum atomic E-state index is -0.304. The van der Waals surface area contributed by atoms with Crippen LogP contribution >= 0.6 is 0 Å². The Morgan fingerprint density at radius 3 is 2.88 bits per heavy atom. The number of nitrogens with one attached hydrogen (secondary N) is 3. The maximum absolute atomic E-state index is 11.6. The van der Waals surface area contributed by atoms with Gasteiger partial charge in [0.25, 0.3) is 0 Å². The van der Waals surface area contributed by atoms with E-state index in [4.69, 9.17) is 4.74 Å². The standard InChI is InChI=1S/C10H18N4O3/c15-9(14-4-2-12-10(14)16)11-1-3-13-5-7-17-8-6-13/h1-8H2,(H,11,15)(H,12,16)/p+1. The smallest absolute Gasteiger partial charge is 0.325 e. The molecule has 0 unspecified atom stereocenters. The van der Waals surface area contributed by atoms with Crippen molar-refractivity contribution in [3.05, 3.63) is 0 Å². The number of morpholine rings is 1. The molecule has 17 heavy (non-hydrogen) atoms. The molecule has 2 heterocycles. The molecule has 0 spiro atoms. The lowest BCUT2D eigenvalue weighted by Gasteiger charge is -2.24. The van der Waals surface area contributed by atoms with Crippen molar-refractivity contribution in [2.75, 3.05) is 52.5 Å². The first-order valence-electron chi connectivity index (χ1n) is 6.02. The van der Waals surface area contributed by atoms with Crippen molar-refractivity contribution in [1.82, 2.24) is 15.5 Å². The van der Waals surface area contributed by atoms with E-state index in [1.54, 1.807) is 0 Å². The molecular formula is C10H19N4O3+. The number of quaternary nitrogens is 1. The predicted molar refractivity (Wildman–Crippen MR) is 59.9 cm³/mol. The Labute approximate surface area is 100 Å². The summed E-state index contributed by atoms with van der Waals surface area (Å²) < 4.78 is 5.25. The van der Waals surface area contributed by atoms with Gasteiger partial charge in [-0.1, -0.05) is 0 Å². The molecule has 2 rings (SSSR count). The van der Waals surface area contributed by atoms with Crippen LogP contribution in [0.15, 0.2) is 0 Å². The molecule has 7 nitrogen and oxygen atoms in total. The molecule has 0 aliphatic carbocycles. The summed E-state index contributed by atoms with van der Waals surface area (Å²) in [5.74, 6) is 0. The number of ether oxygens (including phenoxy) is 1. The molecule has 0 aromatic heterocycles. The number of nitrogens with zero attached hydrogens (tertiary/aromatic N) is 1. The summed E-state index contributed by atoms with van der Waals surface area (Å²) in [6.07, 6.45) is 0. The summed E-state index contributed by atoms with van der Waals surface area (Å²) in [5, 5.41) is 5.36. The van der Waals surface area contributed by atoms with Gasteiger partial charge in [0.05, 0.1) is 26.3 Å². The van der Waals surface area contributed by atoms with E-state index in [-0.39, 0.29) is 12.1 Å². The van der Waals surface area contributed by atoms with Crippen LogP contribution in [-0.4, -0.2) is 69.4 Å². The van der Waals surface area contributed by atoms with E-state index in [0.717, 1.165) is 32.8 Å². The van der Waals surface area contributed by atoms with Gasteiger partial charge >= 0.3 is 12.1 Å². The molecule has 2 saturated heterocycles. The Hall–Kier alpha value is -1.34. The van der Waals surface area contributed by atoms with Gasteiger partial charge in [0.15, 0.2) is 0 Å². The number of carbonyl (C=O) groups excluding carboxylic acids is 2. The number of carbonyl (C=O) groups is 2. The fraction of sp³-hybridized carbons (Fsp3) is 0.800. The molecule has 2 aliphatic rings. The van der Waals surface area contributed by atoms with Crippen molar-refractivity contribution in [2.45, 2.75) is 0 Å². The highest BCUT2D eigenvalue weighted by Gasteiger charge is 2.25. The van der Waals surface area contributed by atoms with E-state index in [0.29, 0.717) is 19.6 Å². The van der Waals surface area contributed by atoms with Crippen molar-refractivity contribution in [1.29, 1.82) is 0 Å². The van der Waals surface area contributed by atoms with Crippen LogP contribution in [0.2, 0.25) is 0 Å². The Morgan fingerprint density at radius 2 is 2.24 bits per heavy atom. The molecule has 0 atom stereocenters. The fourth-order valence-corrected chi connectivity index (χ4v) is 2.02. The van der Waals surface area contributed by atoms with Crippen LogP contribution in [0.4, 0.5) is 9.59 Å². The van der Waals surface area contributed by atoms with Crippen LogP contribution in [0.1, 0.15) is 0 Å². The van der Waals surface area contributed by atoms with Gasteiger partial charge in [-0.15, -0.1) is 0 Å². The molecule has 0 aromatic rings. The maximum Gasteiger partial charge on any atom is 0.325 e. The van der Waals surface area contributed by atoms with Crippen LogP contribution in [0.3, 0.4) is 0 Å². The van der Waals surface area contributed by atoms with Crippen LogP contribution in [0.25, 0.3) is 0 Å². The Kier molecular flexibility index (Phi) is 4.16. The van der Waals surface area contributed by atoms with Crippen molar-refractivity contribution < 1.29 is 19.2 Å². The SMILES string of the molecule is O=C1NCCN1C(=O)NCC[NH+]1CCOCC1. The lowest BCUT2D eigenvalue weighted by atomic mass is 10.4. The van der Waals surface area contributed by atoms with Crippen LogP contribution in [-0.2, 0) is 4.74 Å². The van der Waals surface area contributed by atoms with Gasteiger partial charge < -0.3 is 20.3 Å². The van der Waals surface area contributed by atoms with Gasteiger partial charge in [0.1, 0.15) is 13.1 Å². The van der Waals surface area contributed by atoms with Crippen LogP contribution < -0.4 is 15.5 Å². The Balaban J connectivity index is 1.64. The first kappa shape index (κ1) is 12.1. The number of urea groups is 2. The molecule has 2 fully saturated rings. The first-order valence-corrected chi connectivity index (χ1v) is 6.02. The van der Waals surface area contributed by atoms with E-state index in [1.807, 2.05) is 0 Å². The zero-order valence-electron chi connectivity index (χ0n) is 9.83. The van der Waals surface area contributed by atoms with Gasteiger partial charge in [-0.2, -0.15) is 0 Å². The molecule has 0 bridgehead atoms. The van der Waals surface area contributed by atoms with Crippen LogP contribution in [0.5, 0.6) is 0 Å². The molecule has 0 saturated carbocycles. The van der Waals surface area contributed by atoms with E-state index >= 15 is 0 Å². The summed E-state index contributed by atoms with van der Waals surface area (Å²) in [6.45, 7) is 6.02. The first-order chi connectivity index (χ1) is 8.27. The summed E-state index contributed by atoms with van der Waals surface area (Å²) in [6, 6.07) is -0.603. The summed E-state index contributed by atoms with van der Waals surface area (Å²) in [7, 11) is 0. The van der Waals surface area contributed by atoms with Gasteiger partial charge in [-0.25, -0.2) is 14.5 Å². The molecule has 96 valence electrons. The zero-order chi connectivity index (χ0) is 12.1. The number of imide groups is 1. The number of hydrogen-bond donors (Lipinski definition) is 3. The third-order valence-electron chi connectivity index (χ3n) is 3.06. The Morgan fingerprint density at radius 1 is 1.47 bits per heavy atom. The van der Waals surface area contributed by atoms with E-state index in [9.17, 15) is 9.59 Å². The predicted octanol–water partition coefficient (Wildman–Crippen LogP) is -2.36. The summed E-state index contributed by atoms with van der Waals surface area (Å²) >= 11 is 0. The molecule has 3 N–H and O–H groups in total. The van der Waals surface area contributed by atoms with Crippen molar-refractivity contribution in [2.24, 2.45) is 0 Å². The lowest BCUT2D eigenvalue weighted by molar-refractivity contribution is -0.906. The van der Waals surface area contributed by atoms with Gasteiger partial charge in [0, 0.05) is 13.1 Å². The quantitative estimate of drug-likeness (QED) is 0.519. The highest BCUT2D eigenvalue weighted by atomic mass is 16.5. The van der Waals surface area contributed by atoms with Gasteiger partial charge in [0.2, 0.25) is 0 Å². The molecule has 2 aliphatic heterocycles. The van der Waals surface area contributed by atoms with Crippen molar-refractivity contribution in [3.8, 4) is 0 Å². The van der Waals surface area contributed by atoms with Crippen molar-refractivity contribution >= 4 is 12.1 Å². The minimum absolute atomic E-state index is 0.298. The second-order valence-electron chi connectivity index (χ2n) is 4.23. The number of rotatable bonds is 3. The third kappa shape index (κ3) is 3.31. The molecule has 0 radical (unpaired) electrons. The number of amides is 4. The molecule has 4 amide bonds. The summed E-state index contributed by atoms with van der Waals surface area (Å²) in [5.41, 5.74) is 0. The van der Waals surface area contributed by atoms with Crippen molar-refractivity contribution in [3.63, 3.8) is 0 Å². The summed E-state index contributed by atoms with van der Waals surface area (Å²) in [4.78, 5) is 25.5. The third-order valence-corrected chi connectivity index (χ3v) is 3.06. The van der Waals surface area contributed by atoms with E-state index in [2.05, 4.69) is 10.6 Å². The minimum Gasteiger partial charge on any atom is -0.370 e. The average Bonchev–Trinajstić information content (AvgIpc) is 2.77.